The standard InChI is InChI=1S/C21H19Cl2N3O2/c22-12-7-15-16(10-25(13-5-6-13)11-17(15)18(23)8-12)14-3-1-2-4-19(14)26-20(27)9-24-21(26)28/h1-4,7-8,13,16H,5-6,9-11H2,(H,24,28). The van der Waals surface area contributed by atoms with Gasteiger partial charge in [-0.05, 0) is 47.7 Å². The second kappa shape index (κ2) is 6.76. The Morgan fingerprint density at radius 2 is 1.82 bits per heavy atom. The molecular formula is C21H19Cl2N3O2. The number of hydrogen-bond acceptors (Lipinski definition) is 3. The Morgan fingerprint density at radius 1 is 1.04 bits per heavy atom. The van der Waals surface area contributed by atoms with E-state index in [1.165, 1.54) is 17.7 Å². The van der Waals surface area contributed by atoms with Crippen LogP contribution in [0, 0.1) is 0 Å². The Kier molecular flexibility index (Phi) is 4.34. The van der Waals surface area contributed by atoms with Crippen LogP contribution in [0.2, 0.25) is 10.0 Å². The number of imide groups is 1. The molecule has 2 heterocycles. The molecule has 1 saturated heterocycles. The van der Waals surface area contributed by atoms with Crippen LogP contribution in [-0.4, -0.2) is 36.0 Å². The van der Waals surface area contributed by atoms with E-state index < -0.39 is 0 Å². The lowest BCUT2D eigenvalue weighted by atomic mass is 9.83. The second-order valence-electron chi connectivity index (χ2n) is 7.62. The normalized spacial score (nSPS) is 22.4. The number of nitrogens with one attached hydrogen (secondary N) is 1. The van der Waals surface area contributed by atoms with Crippen molar-refractivity contribution >= 4 is 40.8 Å². The van der Waals surface area contributed by atoms with E-state index in [-0.39, 0.29) is 24.4 Å². The largest absolute Gasteiger partial charge is 0.329 e. The van der Waals surface area contributed by atoms with Gasteiger partial charge in [0.15, 0.2) is 0 Å². The highest BCUT2D eigenvalue weighted by atomic mass is 35.5. The molecule has 7 heteroatoms. The summed E-state index contributed by atoms with van der Waals surface area (Å²) in [5.74, 6) is -0.255. The van der Waals surface area contributed by atoms with Crippen molar-refractivity contribution in [1.29, 1.82) is 0 Å². The lowest BCUT2D eigenvalue weighted by Gasteiger charge is -2.37. The Balaban J connectivity index is 1.65. The molecule has 0 spiro atoms. The number of amides is 3. The van der Waals surface area contributed by atoms with Crippen molar-refractivity contribution in [3.05, 3.63) is 63.1 Å². The number of hydrogen-bond donors (Lipinski definition) is 1. The zero-order chi connectivity index (χ0) is 19.4. The van der Waals surface area contributed by atoms with Crippen molar-refractivity contribution in [3.8, 4) is 0 Å². The zero-order valence-corrected chi connectivity index (χ0v) is 16.6. The third-order valence-corrected chi connectivity index (χ3v) is 6.36. The van der Waals surface area contributed by atoms with Gasteiger partial charge < -0.3 is 5.32 Å². The van der Waals surface area contributed by atoms with Gasteiger partial charge in [0.25, 0.3) is 5.91 Å². The Hall–Kier alpha value is -2.08. The first kappa shape index (κ1) is 18.0. The third kappa shape index (κ3) is 2.98. The summed E-state index contributed by atoms with van der Waals surface area (Å²) in [7, 11) is 0. The number of para-hydroxylation sites is 1. The number of urea groups is 1. The first-order valence-corrected chi connectivity index (χ1v) is 10.2. The van der Waals surface area contributed by atoms with E-state index in [4.69, 9.17) is 23.2 Å². The van der Waals surface area contributed by atoms with Gasteiger partial charge in [0, 0.05) is 35.1 Å². The smallest absolute Gasteiger partial charge is 0.328 e. The summed E-state index contributed by atoms with van der Waals surface area (Å²) < 4.78 is 0. The monoisotopic (exact) mass is 415 g/mol. The van der Waals surface area contributed by atoms with Crippen LogP contribution in [0.5, 0.6) is 0 Å². The zero-order valence-electron chi connectivity index (χ0n) is 15.1. The Morgan fingerprint density at radius 3 is 2.54 bits per heavy atom. The molecule has 28 heavy (non-hydrogen) atoms. The molecular weight excluding hydrogens is 397 g/mol. The molecule has 1 saturated carbocycles. The van der Waals surface area contributed by atoms with Crippen molar-refractivity contribution in [2.75, 3.05) is 18.0 Å². The lowest BCUT2D eigenvalue weighted by Crippen LogP contribution is -2.37. The fraction of sp³-hybridized carbons (Fsp3) is 0.333. The minimum Gasteiger partial charge on any atom is -0.328 e. The summed E-state index contributed by atoms with van der Waals surface area (Å²) in [6, 6.07) is 11.6. The maximum atomic E-state index is 12.3. The van der Waals surface area contributed by atoms with Crippen LogP contribution < -0.4 is 10.2 Å². The van der Waals surface area contributed by atoms with E-state index in [1.807, 2.05) is 30.3 Å². The van der Waals surface area contributed by atoms with Gasteiger partial charge in [0.1, 0.15) is 0 Å². The molecule has 0 bridgehead atoms. The summed E-state index contributed by atoms with van der Waals surface area (Å²) in [5.41, 5.74) is 3.74. The minimum absolute atomic E-state index is 0.0158. The van der Waals surface area contributed by atoms with E-state index in [1.54, 1.807) is 6.07 Å². The molecule has 5 nitrogen and oxygen atoms in total. The van der Waals surface area contributed by atoms with Gasteiger partial charge in [-0.25, -0.2) is 9.69 Å². The number of carbonyl (C=O) groups excluding carboxylic acids is 2. The van der Waals surface area contributed by atoms with Crippen LogP contribution in [0.1, 0.15) is 35.4 Å². The van der Waals surface area contributed by atoms with Gasteiger partial charge in [-0.2, -0.15) is 0 Å². The van der Waals surface area contributed by atoms with Crippen LogP contribution in [0.15, 0.2) is 36.4 Å². The summed E-state index contributed by atoms with van der Waals surface area (Å²) >= 11 is 12.9. The number of nitrogens with zero attached hydrogens (tertiary/aromatic N) is 2. The number of anilines is 1. The predicted octanol–water partition coefficient (Wildman–Crippen LogP) is 4.16. The number of halogens is 2. The van der Waals surface area contributed by atoms with E-state index >= 15 is 0 Å². The average Bonchev–Trinajstić information content (AvgIpc) is 3.47. The highest BCUT2D eigenvalue weighted by molar-refractivity contribution is 6.35. The first-order chi connectivity index (χ1) is 13.5. The van der Waals surface area contributed by atoms with Gasteiger partial charge in [-0.3, -0.25) is 9.69 Å². The molecule has 0 radical (unpaired) electrons. The topological polar surface area (TPSA) is 52.7 Å². The van der Waals surface area contributed by atoms with Crippen molar-refractivity contribution in [1.82, 2.24) is 10.2 Å². The third-order valence-electron chi connectivity index (χ3n) is 5.81. The number of benzene rings is 2. The van der Waals surface area contributed by atoms with Gasteiger partial charge in [0.2, 0.25) is 0 Å². The van der Waals surface area contributed by atoms with Gasteiger partial charge >= 0.3 is 6.03 Å². The molecule has 2 aromatic rings. The molecule has 1 unspecified atom stereocenters. The van der Waals surface area contributed by atoms with Crippen molar-refractivity contribution in [3.63, 3.8) is 0 Å². The van der Waals surface area contributed by atoms with E-state index in [2.05, 4.69) is 10.2 Å². The molecule has 3 aliphatic rings. The summed E-state index contributed by atoms with van der Waals surface area (Å²) in [6.45, 7) is 1.65. The highest BCUT2D eigenvalue weighted by Gasteiger charge is 2.39. The molecule has 144 valence electrons. The van der Waals surface area contributed by atoms with E-state index in [9.17, 15) is 9.59 Å². The minimum atomic E-state index is -0.378. The summed E-state index contributed by atoms with van der Waals surface area (Å²) in [5, 5.41) is 3.88. The second-order valence-corrected chi connectivity index (χ2v) is 8.46. The Labute approximate surface area is 173 Å². The van der Waals surface area contributed by atoms with Crippen LogP contribution in [0.3, 0.4) is 0 Å². The van der Waals surface area contributed by atoms with Gasteiger partial charge in [-0.1, -0.05) is 41.4 Å². The first-order valence-electron chi connectivity index (χ1n) is 9.44. The maximum absolute atomic E-state index is 12.3. The molecule has 2 fully saturated rings. The fourth-order valence-corrected chi connectivity index (χ4v) is 4.91. The molecule has 0 aromatic heterocycles. The average molecular weight is 416 g/mol. The Bertz CT molecular complexity index is 974. The van der Waals surface area contributed by atoms with Crippen molar-refractivity contribution in [2.24, 2.45) is 0 Å². The lowest BCUT2D eigenvalue weighted by molar-refractivity contribution is -0.115. The van der Waals surface area contributed by atoms with Gasteiger partial charge in [0.05, 0.1) is 12.2 Å². The SMILES string of the molecule is O=C1CNC(=O)N1c1ccccc1C1CN(C2CC2)Cc2c(Cl)cc(Cl)cc21. The van der Waals surface area contributed by atoms with Crippen LogP contribution in [-0.2, 0) is 11.3 Å². The highest BCUT2D eigenvalue weighted by Crippen LogP contribution is 2.44. The molecule has 1 atom stereocenters. The van der Waals surface area contributed by atoms with Crippen LogP contribution in [0.4, 0.5) is 10.5 Å². The molecule has 5 rings (SSSR count). The molecule has 2 aromatic carbocycles. The molecule has 2 aliphatic heterocycles. The number of carbonyl (C=O) groups is 2. The summed E-state index contributed by atoms with van der Waals surface area (Å²) in [6.07, 6.45) is 2.39. The van der Waals surface area contributed by atoms with Gasteiger partial charge in [-0.15, -0.1) is 0 Å². The number of fused-ring (bicyclic) bond motifs is 1. The van der Waals surface area contributed by atoms with Crippen LogP contribution in [0.25, 0.3) is 0 Å². The summed E-state index contributed by atoms with van der Waals surface area (Å²) in [4.78, 5) is 28.3. The molecule has 3 amide bonds. The molecule has 1 aliphatic carbocycles. The number of rotatable bonds is 3. The van der Waals surface area contributed by atoms with E-state index in [0.717, 1.165) is 29.8 Å². The maximum Gasteiger partial charge on any atom is 0.329 e. The molecule has 1 N–H and O–H groups in total. The fourth-order valence-electron chi connectivity index (χ4n) is 4.34. The quantitative estimate of drug-likeness (QED) is 0.765. The van der Waals surface area contributed by atoms with E-state index in [0.29, 0.717) is 21.8 Å². The van der Waals surface area contributed by atoms with Crippen LogP contribution >= 0.6 is 23.2 Å². The van der Waals surface area contributed by atoms with Crippen molar-refractivity contribution in [2.45, 2.75) is 31.3 Å². The van der Waals surface area contributed by atoms with Crippen molar-refractivity contribution < 1.29 is 9.59 Å². The predicted molar refractivity (Wildman–Crippen MR) is 109 cm³/mol.